The van der Waals surface area contributed by atoms with Crippen LogP contribution in [0.3, 0.4) is 0 Å². The van der Waals surface area contributed by atoms with Crippen molar-refractivity contribution in [2.24, 2.45) is 5.92 Å². The van der Waals surface area contributed by atoms with Crippen molar-refractivity contribution in [2.45, 2.75) is 33.3 Å². The van der Waals surface area contributed by atoms with E-state index >= 15 is 0 Å². The maximum Gasteiger partial charge on any atom is 0.0800 e. The van der Waals surface area contributed by atoms with Crippen LogP contribution in [-0.4, -0.2) is 10.7 Å². The van der Waals surface area contributed by atoms with Crippen LogP contribution in [-0.2, 0) is 0 Å². The van der Waals surface area contributed by atoms with Crippen molar-refractivity contribution < 1.29 is 5.11 Å². The molecule has 0 rings (SSSR count). The Bertz CT molecular complexity index is 106. The van der Waals surface area contributed by atoms with Gasteiger partial charge in [-0.3, -0.25) is 0 Å². The Morgan fingerprint density at radius 1 is 1.44 bits per heavy atom. The highest BCUT2D eigenvalue weighted by atomic mass is 16.3. The molecule has 1 heteroatoms. The molecule has 0 fully saturated rings. The summed E-state index contributed by atoms with van der Waals surface area (Å²) in [4.78, 5) is 0. The Morgan fingerprint density at radius 2 is 1.78 bits per heavy atom. The fraction of sp³-hybridized carbons (Fsp3) is 0.750. The molecule has 0 saturated heterocycles. The highest BCUT2D eigenvalue weighted by Crippen LogP contribution is 2.20. The van der Waals surface area contributed by atoms with Crippen molar-refractivity contribution in [3.63, 3.8) is 0 Å². The van der Waals surface area contributed by atoms with Gasteiger partial charge in [0.15, 0.2) is 0 Å². The Labute approximate surface area is 57.4 Å². The second kappa shape index (κ2) is 2.53. The maximum atomic E-state index is 9.36. The van der Waals surface area contributed by atoms with E-state index in [2.05, 4.69) is 6.58 Å². The van der Waals surface area contributed by atoms with Gasteiger partial charge in [0.05, 0.1) is 5.60 Å². The molecule has 0 radical (unpaired) electrons. The molecule has 54 valence electrons. The minimum absolute atomic E-state index is 0.366. The standard InChI is InChI=1S/C8H16O/c1-6(2)7(3)8(4,5)9/h6,9H,3H2,1-2,4-5H3. The van der Waals surface area contributed by atoms with E-state index in [1.54, 1.807) is 13.8 Å². The van der Waals surface area contributed by atoms with E-state index in [0.29, 0.717) is 5.92 Å². The molecular formula is C8H16O. The van der Waals surface area contributed by atoms with E-state index in [1.165, 1.54) is 0 Å². The minimum Gasteiger partial charge on any atom is -0.386 e. The molecule has 0 heterocycles. The zero-order valence-electron chi connectivity index (χ0n) is 6.73. The van der Waals surface area contributed by atoms with Crippen LogP contribution >= 0.6 is 0 Å². The first-order chi connectivity index (χ1) is 3.85. The van der Waals surface area contributed by atoms with Gasteiger partial charge in [-0.15, -0.1) is 0 Å². The number of rotatable bonds is 2. The van der Waals surface area contributed by atoms with E-state index in [9.17, 15) is 5.11 Å². The predicted octanol–water partition coefficient (Wildman–Crippen LogP) is 1.97. The molecule has 0 aromatic rings. The van der Waals surface area contributed by atoms with Crippen LogP contribution in [0.5, 0.6) is 0 Å². The van der Waals surface area contributed by atoms with Crippen LogP contribution in [0.25, 0.3) is 0 Å². The topological polar surface area (TPSA) is 20.2 Å². The van der Waals surface area contributed by atoms with Crippen molar-refractivity contribution in [1.82, 2.24) is 0 Å². The summed E-state index contributed by atoms with van der Waals surface area (Å²) in [6.07, 6.45) is 0. The molecule has 0 atom stereocenters. The maximum absolute atomic E-state index is 9.36. The second-order valence-corrected chi connectivity index (χ2v) is 3.24. The average Bonchev–Trinajstić information content (AvgIpc) is 1.62. The lowest BCUT2D eigenvalue weighted by molar-refractivity contribution is 0.110. The predicted molar refractivity (Wildman–Crippen MR) is 40.3 cm³/mol. The molecule has 0 saturated carbocycles. The first-order valence-corrected chi connectivity index (χ1v) is 3.27. The third-order valence-corrected chi connectivity index (χ3v) is 1.48. The largest absolute Gasteiger partial charge is 0.386 e. The first-order valence-electron chi connectivity index (χ1n) is 3.27. The summed E-state index contributed by atoms with van der Waals surface area (Å²) in [7, 11) is 0. The van der Waals surface area contributed by atoms with Crippen LogP contribution in [0.2, 0.25) is 0 Å². The van der Waals surface area contributed by atoms with Gasteiger partial charge in [-0.1, -0.05) is 20.4 Å². The average molecular weight is 128 g/mol. The lowest BCUT2D eigenvalue weighted by Gasteiger charge is -2.23. The number of hydrogen-bond donors (Lipinski definition) is 1. The summed E-state index contributed by atoms with van der Waals surface area (Å²) < 4.78 is 0. The molecule has 0 aliphatic carbocycles. The van der Waals surface area contributed by atoms with Gasteiger partial charge < -0.3 is 5.11 Å². The van der Waals surface area contributed by atoms with Crippen molar-refractivity contribution in [3.05, 3.63) is 12.2 Å². The summed E-state index contributed by atoms with van der Waals surface area (Å²) in [5.41, 5.74) is 0.177. The summed E-state index contributed by atoms with van der Waals surface area (Å²) in [6.45, 7) is 11.4. The molecule has 0 aromatic carbocycles. The van der Waals surface area contributed by atoms with Crippen LogP contribution in [0.4, 0.5) is 0 Å². The smallest absolute Gasteiger partial charge is 0.0800 e. The lowest BCUT2D eigenvalue weighted by atomic mass is 9.91. The molecule has 1 nitrogen and oxygen atoms in total. The Balaban J connectivity index is 4.06. The van der Waals surface area contributed by atoms with Crippen molar-refractivity contribution in [2.75, 3.05) is 0 Å². The summed E-state index contributed by atoms with van der Waals surface area (Å²) in [6, 6.07) is 0. The van der Waals surface area contributed by atoms with Gasteiger partial charge in [-0.25, -0.2) is 0 Å². The highest BCUT2D eigenvalue weighted by Gasteiger charge is 2.18. The molecule has 0 unspecified atom stereocenters. The van der Waals surface area contributed by atoms with Crippen molar-refractivity contribution in [1.29, 1.82) is 0 Å². The monoisotopic (exact) mass is 128 g/mol. The zero-order valence-corrected chi connectivity index (χ0v) is 6.73. The summed E-state index contributed by atoms with van der Waals surface area (Å²) in [5, 5.41) is 9.36. The van der Waals surface area contributed by atoms with Gasteiger partial charge in [0.1, 0.15) is 0 Å². The van der Waals surface area contributed by atoms with E-state index in [1.807, 2.05) is 13.8 Å². The van der Waals surface area contributed by atoms with E-state index in [4.69, 9.17) is 0 Å². The normalized spacial score (nSPS) is 12.2. The van der Waals surface area contributed by atoms with Crippen LogP contribution < -0.4 is 0 Å². The Hall–Kier alpha value is -0.300. The molecule has 1 N–H and O–H groups in total. The van der Waals surface area contributed by atoms with Gasteiger partial charge in [-0.2, -0.15) is 0 Å². The van der Waals surface area contributed by atoms with Gasteiger partial charge in [0, 0.05) is 0 Å². The summed E-state index contributed by atoms with van der Waals surface area (Å²) >= 11 is 0. The highest BCUT2D eigenvalue weighted by molar-refractivity contribution is 5.10. The van der Waals surface area contributed by atoms with Crippen LogP contribution in [0.15, 0.2) is 12.2 Å². The number of aliphatic hydroxyl groups is 1. The minimum atomic E-state index is -0.714. The second-order valence-electron chi connectivity index (χ2n) is 3.24. The van der Waals surface area contributed by atoms with Gasteiger partial charge in [0.25, 0.3) is 0 Å². The van der Waals surface area contributed by atoms with Crippen molar-refractivity contribution >= 4 is 0 Å². The van der Waals surface area contributed by atoms with Gasteiger partial charge in [-0.05, 0) is 25.3 Å². The molecular weight excluding hydrogens is 112 g/mol. The van der Waals surface area contributed by atoms with E-state index < -0.39 is 5.60 Å². The van der Waals surface area contributed by atoms with Crippen molar-refractivity contribution in [3.8, 4) is 0 Å². The third kappa shape index (κ3) is 2.66. The first kappa shape index (κ1) is 8.70. The Kier molecular flexibility index (Phi) is 2.44. The number of hydrogen-bond acceptors (Lipinski definition) is 1. The molecule has 0 bridgehead atoms. The molecule has 0 aromatic heterocycles. The molecule has 0 aliphatic heterocycles. The van der Waals surface area contributed by atoms with Crippen LogP contribution in [0.1, 0.15) is 27.7 Å². The SMILES string of the molecule is C=C(C(C)C)C(C)(C)O. The van der Waals surface area contributed by atoms with E-state index in [-0.39, 0.29) is 0 Å². The molecule has 0 spiro atoms. The van der Waals surface area contributed by atoms with Crippen LogP contribution in [0, 0.1) is 5.92 Å². The molecule has 0 amide bonds. The quantitative estimate of drug-likeness (QED) is 0.564. The fourth-order valence-electron chi connectivity index (χ4n) is 0.706. The van der Waals surface area contributed by atoms with Gasteiger partial charge >= 0.3 is 0 Å². The lowest BCUT2D eigenvalue weighted by Crippen LogP contribution is -2.24. The fourth-order valence-corrected chi connectivity index (χ4v) is 0.706. The molecule has 9 heavy (non-hydrogen) atoms. The Morgan fingerprint density at radius 3 is 1.78 bits per heavy atom. The molecule has 0 aliphatic rings. The third-order valence-electron chi connectivity index (χ3n) is 1.48. The van der Waals surface area contributed by atoms with E-state index in [0.717, 1.165) is 5.57 Å². The zero-order chi connectivity index (χ0) is 7.65. The van der Waals surface area contributed by atoms with Gasteiger partial charge in [0.2, 0.25) is 0 Å². The summed E-state index contributed by atoms with van der Waals surface area (Å²) in [5.74, 6) is 0.366.